The first-order chi connectivity index (χ1) is 12.6. The maximum Gasteiger partial charge on any atom is 0.250 e. The SMILES string of the molecule is CCc1ccc(S(=O)(=O)NCC(Cc2ccccc2)N2CCOCC2)s1. The summed E-state index contributed by atoms with van der Waals surface area (Å²) in [7, 11) is -3.46. The molecule has 7 heteroatoms. The van der Waals surface area contributed by atoms with E-state index in [-0.39, 0.29) is 6.04 Å². The van der Waals surface area contributed by atoms with Crippen molar-refractivity contribution in [3.63, 3.8) is 0 Å². The molecule has 1 aromatic carbocycles. The quantitative estimate of drug-likeness (QED) is 0.748. The molecule has 1 unspecified atom stereocenters. The molecule has 2 heterocycles. The molecule has 0 aliphatic carbocycles. The maximum atomic E-state index is 12.7. The molecule has 1 aromatic heterocycles. The van der Waals surface area contributed by atoms with Crippen molar-refractivity contribution in [1.82, 2.24) is 9.62 Å². The second kappa shape index (κ2) is 9.10. The minimum atomic E-state index is -3.46. The number of ether oxygens (including phenoxy) is 1. The summed E-state index contributed by atoms with van der Waals surface area (Å²) in [5, 5.41) is 0. The molecule has 3 rings (SSSR count). The number of morpholine rings is 1. The van der Waals surface area contributed by atoms with Gasteiger partial charge in [-0.05, 0) is 30.5 Å². The first-order valence-corrected chi connectivity index (χ1v) is 11.3. The molecule has 1 saturated heterocycles. The van der Waals surface area contributed by atoms with Crippen LogP contribution >= 0.6 is 11.3 Å². The monoisotopic (exact) mass is 394 g/mol. The molecule has 1 aliphatic heterocycles. The lowest BCUT2D eigenvalue weighted by Crippen LogP contribution is -2.49. The molecule has 26 heavy (non-hydrogen) atoms. The number of aryl methyl sites for hydroxylation is 1. The van der Waals surface area contributed by atoms with Gasteiger partial charge in [-0.25, -0.2) is 13.1 Å². The number of thiophene rings is 1. The zero-order valence-corrected chi connectivity index (χ0v) is 16.7. The van der Waals surface area contributed by atoms with Crippen LogP contribution in [0.3, 0.4) is 0 Å². The molecule has 1 N–H and O–H groups in total. The highest BCUT2D eigenvalue weighted by Crippen LogP contribution is 2.22. The normalized spacial score (nSPS) is 17.3. The Bertz CT molecular complexity index is 784. The standard InChI is InChI=1S/C19H26N2O3S2/c1-2-18-8-9-19(25-18)26(22,23)20-15-17(21-10-12-24-13-11-21)14-16-6-4-3-5-7-16/h3-9,17,20H,2,10-15H2,1H3. The predicted octanol–water partition coefficient (Wildman–Crippen LogP) is 2.53. The summed E-state index contributed by atoms with van der Waals surface area (Å²) in [6.45, 7) is 5.49. The van der Waals surface area contributed by atoms with Crippen LogP contribution in [0.15, 0.2) is 46.7 Å². The fourth-order valence-electron chi connectivity index (χ4n) is 3.13. The first kappa shape index (κ1) is 19.5. The van der Waals surface area contributed by atoms with Crippen molar-refractivity contribution in [3.8, 4) is 0 Å². The molecule has 2 aromatic rings. The smallest absolute Gasteiger partial charge is 0.250 e. The third-order valence-corrected chi connectivity index (χ3v) is 7.78. The van der Waals surface area contributed by atoms with Crippen molar-refractivity contribution < 1.29 is 13.2 Å². The molecule has 1 fully saturated rings. The van der Waals surface area contributed by atoms with Crippen molar-refractivity contribution >= 4 is 21.4 Å². The molecule has 0 radical (unpaired) electrons. The molecule has 142 valence electrons. The van der Waals surface area contributed by atoms with E-state index < -0.39 is 10.0 Å². The fourth-order valence-corrected chi connectivity index (χ4v) is 5.54. The van der Waals surface area contributed by atoms with Gasteiger partial charge in [0.15, 0.2) is 0 Å². The number of benzene rings is 1. The van der Waals surface area contributed by atoms with E-state index in [0.29, 0.717) is 24.0 Å². The highest BCUT2D eigenvalue weighted by molar-refractivity contribution is 7.91. The maximum absolute atomic E-state index is 12.7. The summed E-state index contributed by atoms with van der Waals surface area (Å²) in [5.74, 6) is 0. The van der Waals surface area contributed by atoms with Gasteiger partial charge in [0.2, 0.25) is 10.0 Å². The van der Waals surface area contributed by atoms with Gasteiger partial charge < -0.3 is 4.74 Å². The van der Waals surface area contributed by atoms with Gasteiger partial charge in [-0.3, -0.25) is 4.90 Å². The van der Waals surface area contributed by atoms with Crippen LogP contribution in [0.25, 0.3) is 0 Å². The van der Waals surface area contributed by atoms with Crippen molar-refractivity contribution in [3.05, 3.63) is 52.9 Å². The van der Waals surface area contributed by atoms with Gasteiger partial charge in [-0.2, -0.15) is 0 Å². The zero-order chi connectivity index (χ0) is 18.4. The molecule has 5 nitrogen and oxygen atoms in total. The Labute approximate surface area is 160 Å². The molecule has 0 saturated carbocycles. The second-order valence-corrected chi connectivity index (χ2v) is 9.58. The Balaban J connectivity index is 1.70. The van der Waals surface area contributed by atoms with Crippen molar-refractivity contribution in [2.75, 3.05) is 32.8 Å². The van der Waals surface area contributed by atoms with E-state index >= 15 is 0 Å². The van der Waals surface area contributed by atoms with E-state index in [9.17, 15) is 8.42 Å². The van der Waals surface area contributed by atoms with Crippen LogP contribution in [0.2, 0.25) is 0 Å². The Hall–Kier alpha value is -1.25. The number of hydrogen-bond donors (Lipinski definition) is 1. The van der Waals surface area contributed by atoms with Crippen LogP contribution in [0.5, 0.6) is 0 Å². The Morgan fingerprint density at radius 3 is 2.54 bits per heavy atom. The third-order valence-electron chi connectivity index (χ3n) is 4.64. The lowest BCUT2D eigenvalue weighted by Gasteiger charge is -2.34. The molecule has 1 aliphatic rings. The van der Waals surface area contributed by atoms with Crippen LogP contribution in [0.1, 0.15) is 17.4 Å². The van der Waals surface area contributed by atoms with Crippen molar-refractivity contribution in [2.45, 2.75) is 30.0 Å². The van der Waals surface area contributed by atoms with E-state index in [2.05, 4.69) is 21.8 Å². The van der Waals surface area contributed by atoms with Crippen LogP contribution in [-0.4, -0.2) is 52.2 Å². The summed E-state index contributed by atoms with van der Waals surface area (Å²) in [6, 6.07) is 13.9. The second-order valence-electron chi connectivity index (χ2n) is 6.42. The van der Waals surface area contributed by atoms with Crippen LogP contribution < -0.4 is 4.72 Å². The highest BCUT2D eigenvalue weighted by atomic mass is 32.2. The summed E-state index contributed by atoms with van der Waals surface area (Å²) >= 11 is 1.35. The lowest BCUT2D eigenvalue weighted by atomic mass is 10.0. The third kappa shape index (κ3) is 5.14. The highest BCUT2D eigenvalue weighted by Gasteiger charge is 2.24. The topological polar surface area (TPSA) is 58.6 Å². The predicted molar refractivity (Wildman–Crippen MR) is 105 cm³/mol. The Morgan fingerprint density at radius 1 is 1.15 bits per heavy atom. The Kier molecular flexibility index (Phi) is 6.83. The van der Waals surface area contributed by atoms with Gasteiger partial charge in [-0.15, -0.1) is 11.3 Å². The van der Waals surface area contributed by atoms with Gasteiger partial charge in [-0.1, -0.05) is 37.3 Å². The van der Waals surface area contributed by atoms with Gasteiger partial charge in [0.25, 0.3) is 0 Å². The molecule has 0 spiro atoms. The minimum Gasteiger partial charge on any atom is -0.379 e. The summed E-state index contributed by atoms with van der Waals surface area (Å²) < 4.78 is 34.0. The molecule has 0 amide bonds. The van der Waals surface area contributed by atoms with Crippen molar-refractivity contribution in [2.24, 2.45) is 0 Å². The van der Waals surface area contributed by atoms with E-state index in [1.165, 1.54) is 16.9 Å². The van der Waals surface area contributed by atoms with E-state index in [1.807, 2.05) is 31.2 Å². The van der Waals surface area contributed by atoms with E-state index in [1.54, 1.807) is 6.07 Å². The number of nitrogens with zero attached hydrogens (tertiary/aromatic N) is 1. The number of rotatable bonds is 8. The van der Waals surface area contributed by atoms with Gasteiger partial charge in [0, 0.05) is 30.6 Å². The summed E-state index contributed by atoms with van der Waals surface area (Å²) in [6.07, 6.45) is 1.67. The van der Waals surface area contributed by atoms with Crippen LogP contribution in [0, 0.1) is 0 Å². The molecular formula is C19H26N2O3S2. The van der Waals surface area contributed by atoms with Gasteiger partial charge in [0.05, 0.1) is 13.2 Å². The average Bonchev–Trinajstić information content (AvgIpc) is 3.17. The average molecular weight is 395 g/mol. The largest absolute Gasteiger partial charge is 0.379 e. The zero-order valence-electron chi connectivity index (χ0n) is 15.1. The lowest BCUT2D eigenvalue weighted by molar-refractivity contribution is 0.0177. The number of hydrogen-bond acceptors (Lipinski definition) is 5. The van der Waals surface area contributed by atoms with Gasteiger partial charge >= 0.3 is 0 Å². The summed E-state index contributed by atoms with van der Waals surface area (Å²) in [4.78, 5) is 3.41. The van der Waals surface area contributed by atoms with Crippen LogP contribution in [0.4, 0.5) is 0 Å². The van der Waals surface area contributed by atoms with Gasteiger partial charge in [0.1, 0.15) is 4.21 Å². The molecule has 1 atom stereocenters. The fraction of sp³-hybridized carbons (Fsp3) is 0.474. The molecular weight excluding hydrogens is 368 g/mol. The first-order valence-electron chi connectivity index (χ1n) is 9.02. The van der Waals surface area contributed by atoms with Crippen LogP contribution in [-0.2, 0) is 27.6 Å². The van der Waals surface area contributed by atoms with Crippen molar-refractivity contribution in [1.29, 1.82) is 0 Å². The number of nitrogens with one attached hydrogen (secondary N) is 1. The summed E-state index contributed by atoms with van der Waals surface area (Å²) in [5.41, 5.74) is 1.22. The minimum absolute atomic E-state index is 0.113. The van der Waals surface area contributed by atoms with E-state index in [0.717, 1.165) is 30.8 Å². The molecule has 0 bridgehead atoms. The number of sulfonamides is 1. The van der Waals surface area contributed by atoms with E-state index in [4.69, 9.17) is 4.74 Å². The Morgan fingerprint density at radius 2 is 1.88 bits per heavy atom.